The van der Waals surface area contributed by atoms with E-state index in [1.807, 2.05) is 19.3 Å². The number of nitrogens with one attached hydrogen (secondary N) is 2. The molecule has 220 valence electrons. The Labute approximate surface area is 240 Å². The molecule has 9 nitrogen and oxygen atoms in total. The summed E-state index contributed by atoms with van der Waals surface area (Å²) in [6.07, 6.45) is 11.9. The van der Waals surface area contributed by atoms with Crippen LogP contribution >= 0.6 is 0 Å². The highest BCUT2D eigenvalue weighted by Gasteiger charge is 2.20. The van der Waals surface area contributed by atoms with Crippen molar-refractivity contribution in [1.82, 2.24) is 34.6 Å². The van der Waals surface area contributed by atoms with Gasteiger partial charge >= 0.3 is 5.97 Å². The number of imidazole rings is 2. The highest BCUT2D eigenvalue weighted by atomic mass is 16.5. The van der Waals surface area contributed by atoms with E-state index < -0.39 is 0 Å². The Balaban J connectivity index is 1.60. The van der Waals surface area contributed by atoms with Crippen LogP contribution in [0.4, 0.5) is 0 Å². The summed E-state index contributed by atoms with van der Waals surface area (Å²) in [6.45, 7) is 15.7. The van der Waals surface area contributed by atoms with Crippen LogP contribution in [-0.4, -0.2) is 79.9 Å². The fraction of sp³-hybridized carbons (Fsp3) is 0.581. The fourth-order valence-electron chi connectivity index (χ4n) is 5.07. The van der Waals surface area contributed by atoms with Crippen molar-refractivity contribution in [1.29, 1.82) is 0 Å². The molecule has 1 aromatic carbocycles. The lowest BCUT2D eigenvalue weighted by atomic mass is 10.1. The number of aromatic nitrogens is 4. The highest BCUT2D eigenvalue weighted by Crippen LogP contribution is 2.22. The van der Waals surface area contributed by atoms with Crippen LogP contribution in [0.3, 0.4) is 0 Å². The molecule has 2 aromatic heterocycles. The van der Waals surface area contributed by atoms with Gasteiger partial charge in [-0.25, -0.2) is 9.97 Å². The lowest BCUT2D eigenvalue weighted by molar-refractivity contribution is -0.144. The van der Waals surface area contributed by atoms with Gasteiger partial charge in [0.05, 0.1) is 25.7 Å². The summed E-state index contributed by atoms with van der Waals surface area (Å²) in [5.74, 6) is 1.71. The second kappa shape index (κ2) is 17.6. The molecule has 1 atom stereocenters. The Morgan fingerprint density at radius 1 is 0.825 bits per heavy atom. The van der Waals surface area contributed by atoms with Crippen molar-refractivity contribution in [2.75, 3.05) is 39.3 Å². The van der Waals surface area contributed by atoms with Crippen LogP contribution in [-0.2, 0) is 29.2 Å². The molecular weight excluding hydrogens is 502 g/mol. The molecule has 3 rings (SSSR count). The van der Waals surface area contributed by atoms with Gasteiger partial charge in [0.1, 0.15) is 11.6 Å². The summed E-state index contributed by atoms with van der Waals surface area (Å²) < 4.78 is 5.27. The number of carbonyl (C=O) groups is 1. The predicted octanol–water partition coefficient (Wildman–Crippen LogP) is 5.16. The number of hydrogen-bond acceptors (Lipinski definition) is 7. The zero-order chi connectivity index (χ0) is 28.6. The standard InChI is InChI=1S/C31H49N7O2/c1-5-18-36(19-6-2)20-8-9-21-37(25-30(39)40-7-3)22-27-10-12-28(13-11-27)23-38(24-29-32-14-15-33-29)26(4)31-34-16-17-35-31/h10-17,26H,5-9,18-25H2,1-4H3,(H,32,33)(H,34,35). The van der Waals surface area contributed by atoms with Gasteiger partial charge in [-0.05, 0) is 76.8 Å². The van der Waals surface area contributed by atoms with E-state index in [0.717, 1.165) is 63.8 Å². The molecule has 0 bridgehead atoms. The van der Waals surface area contributed by atoms with Crippen LogP contribution in [0.5, 0.6) is 0 Å². The summed E-state index contributed by atoms with van der Waals surface area (Å²) in [6, 6.07) is 8.84. The zero-order valence-electron chi connectivity index (χ0n) is 24.9. The largest absolute Gasteiger partial charge is 0.465 e. The summed E-state index contributed by atoms with van der Waals surface area (Å²) in [5.41, 5.74) is 2.42. The number of hydrogen-bond donors (Lipinski definition) is 2. The Hall–Kier alpha value is -3.01. The van der Waals surface area contributed by atoms with Crippen molar-refractivity contribution >= 4 is 5.97 Å². The lowest BCUT2D eigenvalue weighted by Gasteiger charge is -2.27. The van der Waals surface area contributed by atoms with E-state index in [-0.39, 0.29) is 12.0 Å². The molecule has 0 saturated carbocycles. The average Bonchev–Trinajstić information content (AvgIpc) is 3.67. The Morgan fingerprint density at radius 2 is 1.45 bits per heavy atom. The minimum atomic E-state index is -0.154. The minimum Gasteiger partial charge on any atom is -0.465 e. The molecule has 0 fully saturated rings. The molecule has 2 N–H and O–H groups in total. The van der Waals surface area contributed by atoms with Crippen LogP contribution in [0.2, 0.25) is 0 Å². The summed E-state index contributed by atoms with van der Waals surface area (Å²) in [4.78, 5) is 34.8. The van der Waals surface area contributed by atoms with Crippen LogP contribution < -0.4 is 0 Å². The summed E-state index contributed by atoms with van der Waals surface area (Å²) in [5, 5.41) is 0. The SMILES string of the molecule is CCCN(CCC)CCCCN(CC(=O)OCC)Cc1ccc(CN(Cc2ncc[nH]2)C(C)c2ncc[nH]2)cc1. The van der Waals surface area contributed by atoms with E-state index in [1.165, 1.54) is 24.0 Å². The molecule has 0 amide bonds. The third kappa shape index (κ3) is 10.9. The maximum absolute atomic E-state index is 12.3. The number of unbranched alkanes of at least 4 members (excludes halogenated alkanes) is 1. The fourth-order valence-corrected chi connectivity index (χ4v) is 5.07. The molecule has 1 unspecified atom stereocenters. The first-order valence-electron chi connectivity index (χ1n) is 14.9. The van der Waals surface area contributed by atoms with Gasteiger partial charge < -0.3 is 19.6 Å². The molecule has 9 heteroatoms. The summed E-state index contributed by atoms with van der Waals surface area (Å²) in [7, 11) is 0. The molecule has 2 heterocycles. The van der Waals surface area contributed by atoms with Gasteiger partial charge in [0.15, 0.2) is 0 Å². The second-order valence-corrected chi connectivity index (χ2v) is 10.5. The first-order chi connectivity index (χ1) is 19.5. The van der Waals surface area contributed by atoms with Crippen molar-refractivity contribution in [2.24, 2.45) is 0 Å². The van der Waals surface area contributed by atoms with Gasteiger partial charge in [-0.1, -0.05) is 38.1 Å². The number of H-pyrrole nitrogens is 2. The smallest absolute Gasteiger partial charge is 0.320 e. The molecule has 0 saturated heterocycles. The van der Waals surface area contributed by atoms with E-state index in [1.54, 1.807) is 12.4 Å². The molecular formula is C31H49N7O2. The van der Waals surface area contributed by atoms with Gasteiger partial charge in [0.2, 0.25) is 0 Å². The van der Waals surface area contributed by atoms with Gasteiger partial charge in [0, 0.05) is 37.9 Å². The maximum Gasteiger partial charge on any atom is 0.320 e. The van der Waals surface area contributed by atoms with E-state index in [4.69, 9.17) is 4.74 Å². The number of benzene rings is 1. The molecule has 0 aliphatic carbocycles. The minimum absolute atomic E-state index is 0.102. The van der Waals surface area contributed by atoms with Gasteiger partial charge in [0.25, 0.3) is 0 Å². The Morgan fingerprint density at radius 3 is 2.02 bits per heavy atom. The first-order valence-corrected chi connectivity index (χ1v) is 14.9. The molecule has 40 heavy (non-hydrogen) atoms. The number of carbonyl (C=O) groups excluding carboxylic acids is 1. The van der Waals surface area contributed by atoms with E-state index in [0.29, 0.717) is 19.7 Å². The van der Waals surface area contributed by atoms with Crippen molar-refractivity contribution < 1.29 is 9.53 Å². The number of nitrogens with zero attached hydrogens (tertiary/aromatic N) is 5. The maximum atomic E-state index is 12.3. The Kier molecular flexibility index (Phi) is 13.9. The lowest BCUT2D eigenvalue weighted by Crippen LogP contribution is -2.32. The quantitative estimate of drug-likeness (QED) is 0.148. The van der Waals surface area contributed by atoms with E-state index in [9.17, 15) is 4.79 Å². The average molecular weight is 552 g/mol. The Bertz CT molecular complexity index is 1050. The van der Waals surface area contributed by atoms with Crippen molar-refractivity contribution in [3.05, 3.63) is 71.8 Å². The number of esters is 1. The first kappa shape index (κ1) is 31.5. The zero-order valence-corrected chi connectivity index (χ0v) is 24.9. The third-order valence-electron chi connectivity index (χ3n) is 7.12. The van der Waals surface area contributed by atoms with Crippen LogP contribution in [0.25, 0.3) is 0 Å². The molecule has 0 radical (unpaired) electrons. The van der Waals surface area contributed by atoms with Crippen molar-refractivity contribution in [2.45, 2.75) is 79.1 Å². The van der Waals surface area contributed by atoms with E-state index >= 15 is 0 Å². The molecule has 0 aliphatic heterocycles. The van der Waals surface area contributed by atoms with Crippen LogP contribution in [0.1, 0.15) is 82.2 Å². The number of ether oxygens (including phenoxy) is 1. The van der Waals surface area contributed by atoms with Gasteiger partial charge in [-0.2, -0.15) is 0 Å². The number of aromatic amines is 2. The second-order valence-electron chi connectivity index (χ2n) is 10.5. The normalized spacial score (nSPS) is 12.5. The molecule has 0 spiro atoms. The van der Waals surface area contributed by atoms with Gasteiger partial charge in [-0.3, -0.25) is 14.6 Å². The van der Waals surface area contributed by atoms with E-state index in [2.05, 4.69) is 79.7 Å². The highest BCUT2D eigenvalue weighted by molar-refractivity contribution is 5.71. The molecule has 0 aliphatic rings. The number of rotatable bonds is 20. The predicted molar refractivity (Wildman–Crippen MR) is 159 cm³/mol. The monoisotopic (exact) mass is 551 g/mol. The van der Waals surface area contributed by atoms with Crippen molar-refractivity contribution in [3.63, 3.8) is 0 Å². The van der Waals surface area contributed by atoms with Crippen LogP contribution in [0, 0.1) is 0 Å². The summed E-state index contributed by atoms with van der Waals surface area (Å²) >= 11 is 0. The van der Waals surface area contributed by atoms with Crippen molar-refractivity contribution in [3.8, 4) is 0 Å². The molecule has 3 aromatic rings. The van der Waals surface area contributed by atoms with Gasteiger partial charge in [-0.15, -0.1) is 0 Å². The topological polar surface area (TPSA) is 93.4 Å². The third-order valence-corrected chi connectivity index (χ3v) is 7.12. The van der Waals surface area contributed by atoms with Crippen LogP contribution in [0.15, 0.2) is 49.1 Å².